The van der Waals surface area contributed by atoms with Gasteiger partial charge in [0.1, 0.15) is 11.6 Å². The number of hydrogen-bond acceptors (Lipinski definition) is 2. The van der Waals surface area contributed by atoms with Gasteiger partial charge in [0.2, 0.25) is 0 Å². The van der Waals surface area contributed by atoms with Crippen molar-refractivity contribution in [3.05, 3.63) is 34.9 Å². The molecule has 0 spiro atoms. The van der Waals surface area contributed by atoms with Crippen molar-refractivity contribution in [2.24, 2.45) is 0 Å². The van der Waals surface area contributed by atoms with Crippen LogP contribution >= 0.6 is 0 Å². The third kappa shape index (κ3) is 2.16. The molecule has 0 bridgehead atoms. The Balaban J connectivity index is 2.33. The van der Waals surface area contributed by atoms with E-state index in [-0.39, 0.29) is 11.6 Å². The highest BCUT2D eigenvalue weighted by Crippen LogP contribution is 2.23. The molecule has 1 heterocycles. The number of aryl methyl sites for hydroxylation is 1. The van der Waals surface area contributed by atoms with Crippen LogP contribution in [0.25, 0.3) is 0 Å². The third-order valence-corrected chi connectivity index (χ3v) is 2.49. The topological polar surface area (TPSA) is 21.3 Å². The zero-order valence-electron chi connectivity index (χ0n) is 8.52. The summed E-state index contributed by atoms with van der Waals surface area (Å²) in [7, 11) is 0. The Morgan fingerprint density at radius 3 is 2.53 bits per heavy atom. The number of hydrogen-bond donors (Lipinski definition) is 1. The summed E-state index contributed by atoms with van der Waals surface area (Å²) < 4.78 is 32.3. The molecule has 1 N–H and O–H groups in total. The average molecular weight is 213 g/mol. The summed E-state index contributed by atoms with van der Waals surface area (Å²) in [5, 5.41) is 3.03. The van der Waals surface area contributed by atoms with E-state index in [4.69, 9.17) is 4.74 Å². The van der Waals surface area contributed by atoms with Crippen molar-refractivity contribution in [2.75, 3.05) is 19.8 Å². The molecule has 0 aromatic heterocycles. The molecule has 1 aromatic rings. The van der Waals surface area contributed by atoms with E-state index < -0.39 is 11.6 Å². The van der Waals surface area contributed by atoms with Crippen molar-refractivity contribution in [1.29, 1.82) is 0 Å². The van der Waals surface area contributed by atoms with Gasteiger partial charge in [0, 0.05) is 12.1 Å². The van der Waals surface area contributed by atoms with E-state index >= 15 is 0 Å². The first kappa shape index (κ1) is 10.5. The lowest BCUT2D eigenvalue weighted by Crippen LogP contribution is -2.35. The molecule has 1 saturated heterocycles. The Bertz CT molecular complexity index is 339. The van der Waals surface area contributed by atoms with Gasteiger partial charge >= 0.3 is 0 Å². The maximum Gasteiger partial charge on any atom is 0.131 e. The van der Waals surface area contributed by atoms with Crippen LogP contribution in [0, 0.1) is 18.6 Å². The summed E-state index contributed by atoms with van der Waals surface area (Å²) in [5.74, 6) is -1.01. The highest BCUT2D eigenvalue weighted by Gasteiger charge is 2.22. The maximum absolute atomic E-state index is 13.6. The molecule has 2 nitrogen and oxygen atoms in total. The van der Waals surface area contributed by atoms with Crippen LogP contribution in [-0.4, -0.2) is 19.8 Å². The number of rotatable bonds is 1. The number of nitrogens with one attached hydrogen (secondary N) is 1. The van der Waals surface area contributed by atoms with Crippen LogP contribution in [0.1, 0.15) is 17.2 Å². The molecule has 1 aliphatic rings. The second-order valence-corrected chi connectivity index (χ2v) is 3.72. The van der Waals surface area contributed by atoms with Gasteiger partial charge in [0.25, 0.3) is 0 Å². The van der Waals surface area contributed by atoms with Gasteiger partial charge in [-0.25, -0.2) is 8.78 Å². The van der Waals surface area contributed by atoms with Crippen molar-refractivity contribution in [1.82, 2.24) is 5.32 Å². The molecule has 2 rings (SSSR count). The van der Waals surface area contributed by atoms with Crippen molar-refractivity contribution in [3.63, 3.8) is 0 Å². The lowest BCUT2D eigenvalue weighted by molar-refractivity contribution is 0.0745. The maximum atomic E-state index is 13.6. The monoisotopic (exact) mass is 213 g/mol. The molecular weight excluding hydrogens is 200 g/mol. The predicted octanol–water partition coefficient (Wildman–Crippen LogP) is 1.93. The second kappa shape index (κ2) is 4.24. The minimum absolute atomic E-state index is 0.0836. The number of benzene rings is 1. The quantitative estimate of drug-likeness (QED) is 0.769. The molecule has 1 fully saturated rings. The predicted molar refractivity (Wildman–Crippen MR) is 52.7 cm³/mol. The summed E-state index contributed by atoms with van der Waals surface area (Å²) in [4.78, 5) is 0. The zero-order valence-corrected chi connectivity index (χ0v) is 8.52. The van der Waals surface area contributed by atoms with Crippen molar-refractivity contribution >= 4 is 0 Å². The van der Waals surface area contributed by atoms with Crippen molar-refractivity contribution in [2.45, 2.75) is 13.0 Å². The molecule has 4 heteroatoms. The van der Waals surface area contributed by atoms with Gasteiger partial charge in [-0.2, -0.15) is 0 Å². The molecular formula is C11H13F2NO. The lowest BCUT2D eigenvalue weighted by Gasteiger charge is -2.25. The van der Waals surface area contributed by atoms with E-state index in [0.29, 0.717) is 25.3 Å². The molecule has 1 atom stereocenters. The molecule has 0 amide bonds. The molecule has 0 radical (unpaired) electrons. The normalized spacial score (nSPS) is 21.7. The number of halogens is 2. The van der Waals surface area contributed by atoms with Gasteiger partial charge in [0.05, 0.1) is 19.3 Å². The van der Waals surface area contributed by atoms with Crippen LogP contribution in [0.4, 0.5) is 8.78 Å². The summed E-state index contributed by atoms with van der Waals surface area (Å²) in [6.07, 6.45) is 0. The zero-order chi connectivity index (χ0) is 10.8. The van der Waals surface area contributed by atoms with Gasteiger partial charge in [-0.3, -0.25) is 0 Å². The van der Waals surface area contributed by atoms with Gasteiger partial charge in [-0.15, -0.1) is 0 Å². The molecule has 1 aliphatic heterocycles. The van der Waals surface area contributed by atoms with E-state index in [1.54, 1.807) is 6.92 Å². The molecule has 0 aliphatic carbocycles. The Kier molecular flexibility index (Phi) is 2.98. The Morgan fingerprint density at radius 2 is 2.00 bits per heavy atom. The van der Waals surface area contributed by atoms with Crippen LogP contribution < -0.4 is 5.32 Å². The van der Waals surface area contributed by atoms with Crippen LogP contribution in [0.15, 0.2) is 12.1 Å². The van der Waals surface area contributed by atoms with E-state index in [1.165, 1.54) is 12.1 Å². The first-order valence-electron chi connectivity index (χ1n) is 4.95. The van der Waals surface area contributed by atoms with Gasteiger partial charge < -0.3 is 10.1 Å². The van der Waals surface area contributed by atoms with E-state index in [0.717, 1.165) is 0 Å². The van der Waals surface area contributed by atoms with Gasteiger partial charge in [-0.1, -0.05) is 0 Å². The summed E-state index contributed by atoms with van der Waals surface area (Å²) >= 11 is 0. The minimum Gasteiger partial charge on any atom is -0.378 e. The Morgan fingerprint density at radius 1 is 1.33 bits per heavy atom. The number of ether oxygens (including phenoxy) is 1. The largest absolute Gasteiger partial charge is 0.378 e. The van der Waals surface area contributed by atoms with E-state index in [1.807, 2.05) is 0 Å². The summed E-state index contributed by atoms with van der Waals surface area (Å²) in [6, 6.07) is 2.31. The fourth-order valence-corrected chi connectivity index (χ4v) is 1.79. The molecule has 1 unspecified atom stereocenters. The Labute approximate surface area is 87.2 Å². The highest BCUT2D eigenvalue weighted by atomic mass is 19.1. The van der Waals surface area contributed by atoms with Crippen molar-refractivity contribution in [3.8, 4) is 0 Å². The molecule has 1 aromatic carbocycles. The van der Waals surface area contributed by atoms with Gasteiger partial charge in [0.15, 0.2) is 0 Å². The summed E-state index contributed by atoms with van der Waals surface area (Å²) in [5.41, 5.74) is 0.672. The second-order valence-electron chi connectivity index (χ2n) is 3.72. The minimum atomic E-state index is -0.504. The van der Waals surface area contributed by atoms with Gasteiger partial charge in [-0.05, 0) is 24.6 Å². The fraction of sp³-hybridized carbons (Fsp3) is 0.455. The average Bonchev–Trinajstić information content (AvgIpc) is 2.17. The Hall–Kier alpha value is -1.00. The van der Waals surface area contributed by atoms with Crippen molar-refractivity contribution < 1.29 is 13.5 Å². The first-order chi connectivity index (χ1) is 7.18. The first-order valence-corrected chi connectivity index (χ1v) is 4.95. The molecule has 0 saturated carbocycles. The van der Waals surface area contributed by atoms with E-state index in [2.05, 4.69) is 5.32 Å². The molecule has 82 valence electrons. The van der Waals surface area contributed by atoms with Crippen LogP contribution in [0.3, 0.4) is 0 Å². The van der Waals surface area contributed by atoms with Crippen LogP contribution in [-0.2, 0) is 4.74 Å². The SMILES string of the molecule is Cc1cc(F)c(C2COCCN2)c(F)c1. The third-order valence-electron chi connectivity index (χ3n) is 2.49. The standard InChI is InChI=1S/C11H13F2NO/c1-7-4-8(12)11(9(13)5-7)10-6-15-3-2-14-10/h4-5,10,14H,2-3,6H2,1H3. The number of morpholine rings is 1. The van der Waals surface area contributed by atoms with E-state index in [9.17, 15) is 8.78 Å². The smallest absolute Gasteiger partial charge is 0.131 e. The van der Waals surface area contributed by atoms with Crippen LogP contribution in [0.2, 0.25) is 0 Å². The highest BCUT2D eigenvalue weighted by molar-refractivity contribution is 5.28. The fourth-order valence-electron chi connectivity index (χ4n) is 1.79. The lowest BCUT2D eigenvalue weighted by atomic mass is 10.0. The van der Waals surface area contributed by atoms with Crippen LogP contribution in [0.5, 0.6) is 0 Å². The summed E-state index contributed by atoms with van der Waals surface area (Å²) in [6.45, 7) is 3.20. The molecule has 15 heavy (non-hydrogen) atoms.